The lowest BCUT2D eigenvalue weighted by molar-refractivity contribution is -0.129. The second-order valence-electron chi connectivity index (χ2n) is 8.50. The SMILES string of the molecule is Cc1cccc(C)c1NC(=O)C1(N(Cc2ccco2)C(=O)c2ccccn2)CCCCC1. The van der Waals surface area contributed by atoms with Crippen LogP contribution in [0.5, 0.6) is 0 Å². The molecule has 0 unspecified atom stereocenters. The van der Waals surface area contributed by atoms with Gasteiger partial charge in [-0.1, -0.05) is 43.5 Å². The molecule has 1 saturated carbocycles. The molecule has 1 fully saturated rings. The molecule has 2 amide bonds. The Labute approximate surface area is 188 Å². The van der Waals surface area contributed by atoms with Crippen LogP contribution >= 0.6 is 0 Å². The van der Waals surface area contributed by atoms with Crippen LogP contribution in [-0.2, 0) is 11.3 Å². The smallest absolute Gasteiger partial charge is 0.273 e. The standard InChI is InChI=1S/C26H29N3O3/c1-19-10-8-11-20(2)23(19)28-25(31)26(14-5-3-6-15-26)29(18-21-12-9-17-32-21)24(30)22-13-4-7-16-27-22/h4,7-13,16-17H,3,5-6,14-15,18H2,1-2H3,(H,28,31). The molecular weight excluding hydrogens is 402 g/mol. The van der Waals surface area contributed by atoms with Crippen molar-refractivity contribution in [3.05, 3.63) is 83.6 Å². The van der Waals surface area contributed by atoms with Crippen molar-refractivity contribution in [2.75, 3.05) is 5.32 Å². The zero-order valence-corrected chi connectivity index (χ0v) is 18.6. The average molecular weight is 432 g/mol. The van der Waals surface area contributed by atoms with Gasteiger partial charge in [0.15, 0.2) is 0 Å². The summed E-state index contributed by atoms with van der Waals surface area (Å²) in [6.07, 6.45) is 7.19. The predicted octanol–water partition coefficient (Wildman–Crippen LogP) is 5.28. The van der Waals surface area contributed by atoms with E-state index in [2.05, 4.69) is 10.3 Å². The van der Waals surface area contributed by atoms with Crippen LogP contribution in [-0.4, -0.2) is 27.2 Å². The summed E-state index contributed by atoms with van der Waals surface area (Å²) in [6.45, 7) is 4.17. The summed E-state index contributed by atoms with van der Waals surface area (Å²) >= 11 is 0. The quantitative estimate of drug-likeness (QED) is 0.576. The summed E-state index contributed by atoms with van der Waals surface area (Å²) in [5.41, 5.74) is 2.15. The van der Waals surface area contributed by atoms with Gasteiger partial charge in [0.25, 0.3) is 5.91 Å². The molecule has 4 rings (SSSR count). The van der Waals surface area contributed by atoms with Crippen LogP contribution in [0, 0.1) is 13.8 Å². The first-order chi connectivity index (χ1) is 15.5. The van der Waals surface area contributed by atoms with Gasteiger partial charge in [0.1, 0.15) is 17.0 Å². The number of carbonyl (C=O) groups excluding carboxylic acids is 2. The molecular formula is C26H29N3O3. The van der Waals surface area contributed by atoms with E-state index in [1.165, 1.54) is 0 Å². The van der Waals surface area contributed by atoms with E-state index in [-0.39, 0.29) is 18.4 Å². The zero-order chi connectivity index (χ0) is 22.6. The third-order valence-corrected chi connectivity index (χ3v) is 6.36. The predicted molar refractivity (Wildman–Crippen MR) is 123 cm³/mol. The fourth-order valence-electron chi connectivity index (χ4n) is 4.60. The maximum Gasteiger partial charge on any atom is 0.273 e. The Morgan fingerprint density at radius 3 is 2.38 bits per heavy atom. The number of anilines is 1. The number of nitrogens with zero attached hydrogens (tertiary/aromatic N) is 2. The largest absolute Gasteiger partial charge is 0.467 e. The van der Waals surface area contributed by atoms with Crippen LogP contribution in [0.15, 0.2) is 65.4 Å². The van der Waals surface area contributed by atoms with Gasteiger partial charge in [-0.05, 0) is 62.1 Å². The van der Waals surface area contributed by atoms with Crippen molar-refractivity contribution in [2.24, 2.45) is 0 Å². The highest BCUT2D eigenvalue weighted by Crippen LogP contribution is 2.37. The van der Waals surface area contributed by atoms with Crippen LogP contribution in [0.25, 0.3) is 0 Å². The highest BCUT2D eigenvalue weighted by molar-refractivity contribution is 6.03. The highest BCUT2D eigenvalue weighted by atomic mass is 16.3. The topological polar surface area (TPSA) is 75.4 Å². The molecule has 0 atom stereocenters. The number of carbonyl (C=O) groups is 2. The van der Waals surface area contributed by atoms with Gasteiger partial charge in [-0.25, -0.2) is 0 Å². The molecule has 6 nitrogen and oxygen atoms in total. The summed E-state index contributed by atoms with van der Waals surface area (Å²) in [4.78, 5) is 33.6. The van der Waals surface area contributed by atoms with E-state index in [0.29, 0.717) is 24.3 Å². The molecule has 0 bridgehead atoms. The minimum atomic E-state index is -0.978. The molecule has 0 saturated heterocycles. The first-order valence-electron chi connectivity index (χ1n) is 11.1. The normalized spacial score (nSPS) is 15.2. The Kier molecular flexibility index (Phi) is 6.40. The van der Waals surface area contributed by atoms with Crippen LogP contribution in [0.1, 0.15) is 59.5 Å². The van der Waals surface area contributed by atoms with Gasteiger partial charge in [0.05, 0.1) is 12.8 Å². The van der Waals surface area contributed by atoms with Crippen LogP contribution in [0.2, 0.25) is 0 Å². The monoisotopic (exact) mass is 431 g/mol. The number of aromatic nitrogens is 1. The van der Waals surface area contributed by atoms with E-state index in [4.69, 9.17) is 4.42 Å². The minimum absolute atomic E-state index is 0.148. The molecule has 6 heteroatoms. The molecule has 0 radical (unpaired) electrons. The van der Waals surface area contributed by atoms with E-state index in [0.717, 1.165) is 36.1 Å². The number of pyridine rings is 1. The Morgan fingerprint density at radius 2 is 1.75 bits per heavy atom. The highest BCUT2D eigenvalue weighted by Gasteiger charge is 2.48. The summed E-state index contributed by atoms with van der Waals surface area (Å²) in [6, 6.07) is 14.8. The lowest BCUT2D eigenvalue weighted by Crippen LogP contribution is -2.59. The Balaban J connectivity index is 1.75. The molecule has 0 aliphatic heterocycles. The average Bonchev–Trinajstić information content (AvgIpc) is 3.34. The third-order valence-electron chi connectivity index (χ3n) is 6.36. The maximum absolute atomic E-state index is 13.9. The lowest BCUT2D eigenvalue weighted by Gasteiger charge is -2.44. The van der Waals surface area contributed by atoms with Gasteiger partial charge in [0.2, 0.25) is 5.91 Å². The van der Waals surface area contributed by atoms with Gasteiger partial charge >= 0.3 is 0 Å². The van der Waals surface area contributed by atoms with E-state index in [1.54, 1.807) is 41.6 Å². The van der Waals surface area contributed by atoms with Crippen molar-refractivity contribution < 1.29 is 14.0 Å². The first-order valence-corrected chi connectivity index (χ1v) is 11.1. The lowest BCUT2D eigenvalue weighted by atomic mass is 9.78. The Hall–Kier alpha value is -3.41. The minimum Gasteiger partial charge on any atom is -0.467 e. The van der Waals surface area contributed by atoms with Crippen LogP contribution in [0.4, 0.5) is 5.69 Å². The van der Waals surface area contributed by atoms with Gasteiger partial charge in [-0.3, -0.25) is 14.6 Å². The maximum atomic E-state index is 13.9. The molecule has 0 spiro atoms. The summed E-state index contributed by atoms with van der Waals surface area (Å²) in [7, 11) is 0. The summed E-state index contributed by atoms with van der Waals surface area (Å²) in [5.74, 6) is 0.227. The van der Waals surface area contributed by atoms with Crippen molar-refractivity contribution in [3.63, 3.8) is 0 Å². The number of benzene rings is 1. The van der Waals surface area contributed by atoms with E-state index in [9.17, 15) is 9.59 Å². The molecule has 32 heavy (non-hydrogen) atoms. The van der Waals surface area contributed by atoms with Gasteiger partial charge < -0.3 is 14.6 Å². The molecule has 2 aromatic heterocycles. The molecule has 166 valence electrons. The second-order valence-corrected chi connectivity index (χ2v) is 8.50. The number of hydrogen-bond donors (Lipinski definition) is 1. The van der Waals surface area contributed by atoms with Gasteiger partial charge in [-0.15, -0.1) is 0 Å². The number of furan rings is 1. The molecule has 1 aliphatic carbocycles. The second kappa shape index (κ2) is 9.39. The van der Waals surface area contributed by atoms with Crippen LogP contribution in [0.3, 0.4) is 0 Å². The molecule has 2 heterocycles. The number of para-hydroxylation sites is 1. The van der Waals surface area contributed by atoms with Gasteiger partial charge in [-0.2, -0.15) is 0 Å². The van der Waals surface area contributed by atoms with Crippen molar-refractivity contribution in [2.45, 2.75) is 58.0 Å². The fraction of sp³-hybridized carbons (Fsp3) is 0.346. The van der Waals surface area contributed by atoms with Gasteiger partial charge in [0, 0.05) is 11.9 Å². The Morgan fingerprint density at radius 1 is 1.00 bits per heavy atom. The molecule has 1 N–H and O–H groups in total. The Bertz CT molecular complexity index is 1050. The van der Waals surface area contributed by atoms with Crippen molar-refractivity contribution >= 4 is 17.5 Å². The first kappa shape index (κ1) is 21.8. The number of amides is 2. The zero-order valence-electron chi connectivity index (χ0n) is 18.6. The molecule has 1 aromatic carbocycles. The third kappa shape index (κ3) is 4.31. The summed E-state index contributed by atoms with van der Waals surface area (Å²) < 4.78 is 5.58. The van der Waals surface area contributed by atoms with Crippen LogP contribution < -0.4 is 5.32 Å². The van der Waals surface area contributed by atoms with E-state index >= 15 is 0 Å². The van der Waals surface area contributed by atoms with E-state index < -0.39 is 5.54 Å². The summed E-state index contributed by atoms with van der Waals surface area (Å²) in [5, 5.41) is 3.17. The van der Waals surface area contributed by atoms with Crippen molar-refractivity contribution in [3.8, 4) is 0 Å². The van der Waals surface area contributed by atoms with Crippen molar-refractivity contribution in [1.29, 1.82) is 0 Å². The number of nitrogens with one attached hydrogen (secondary N) is 1. The van der Waals surface area contributed by atoms with Crippen molar-refractivity contribution in [1.82, 2.24) is 9.88 Å². The fourth-order valence-corrected chi connectivity index (χ4v) is 4.60. The number of rotatable bonds is 6. The van der Waals surface area contributed by atoms with E-state index in [1.807, 2.05) is 38.1 Å². The number of hydrogen-bond acceptors (Lipinski definition) is 4. The molecule has 3 aromatic rings. The number of aryl methyl sites for hydroxylation is 2. The molecule has 1 aliphatic rings.